The number of rotatable bonds is 12. The molecule has 1 amide bonds. The molecule has 3 rings (SSSR count). The molecule has 0 radical (unpaired) electrons. The van der Waals surface area contributed by atoms with Gasteiger partial charge in [0.05, 0.1) is 40.5 Å². The van der Waals surface area contributed by atoms with E-state index in [0.717, 1.165) is 0 Å². The molecule has 0 unspecified atom stereocenters. The molecule has 0 fully saturated rings. The third kappa shape index (κ3) is 8.90. The summed E-state index contributed by atoms with van der Waals surface area (Å²) in [7, 11) is 0. The van der Waals surface area contributed by atoms with Crippen molar-refractivity contribution in [2.75, 3.05) is 26.4 Å². The van der Waals surface area contributed by atoms with Crippen LogP contribution in [0, 0.1) is 0 Å². The minimum atomic E-state index is -0.646. The lowest BCUT2D eigenvalue weighted by atomic mass is 9.95. The van der Waals surface area contributed by atoms with Gasteiger partial charge in [-0.05, 0) is 72.7 Å². The molecule has 0 saturated carbocycles. The van der Waals surface area contributed by atoms with Gasteiger partial charge >= 0.3 is 11.9 Å². The van der Waals surface area contributed by atoms with Gasteiger partial charge in [-0.15, -0.1) is 0 Å². The number of nitrogens with zero attached hydrogens (tertiary/aromatic N) is 1. The Bertz CT molecular complexity index is 1360. The highest BCUT2D eigenvalue weighted by atomic mass is 79.9. The highest BCUT2D eigenvalue weighted by Gasteiger charge is 2.32. The van der Waals surface area contributed by atoms with E-state index in [1.165, 1.54) is 6.21 Å². The second-order valence-electron chi connectivity index (χ2n) is 8.32. The molecule has 0 spiro atoms. The smallest absolute Gasteiger partial charge is 0.344 e. The molecule has 11 nitrogen and oxygen atoms in total. The minimum absolute atomic E-state index is 0.210. The van der Waals surface area contributed by atoms with Crippen molar-refractivity contribution in [3.63, 3.8) is 0 Å². The minimum Gasteiger partial charge on any atom is -0.483 e. The summed E-state index contributed by atoms with van der Waals surface area (Å²) in [5, 5.41) is 10.5. The van der Waals surface area contributed by atoms with E-state index in [0.29, 0.717) is 37.7 Å². The number of thiocarbonyl (C=S) groups is 1. The molecule has 41 heavy (non-hydrogen) atoms. The van der Waals surface area contributed by atoms with Crippen molar-refractivity contribution in [1.29, 1.82) is 0 Å². The Kier molecular flexibility index (Phi) is 11.9. The van der Waals surface area contributed by atoms with E-state index in [4.69, 9.17) is 42.8 Å². The molecule has 1 atom stereocenters. The van der Waals surface area contributed by atoms with E-state index in [1.54, 1.807) is 57.2 Å². The Morgan fingerprint density at radius 1 is 1.12 bits per heavy atom. The van der Waals surface area contributed by atoms with Gasteiger partial charge in [-0.1, -0.05) is 29.8 Å². The molecule has 218 valence electrons. The van der Waals surface area contributed by atoms with E-state index < -0.39 is 23.9 Å². The summed E-state index contributed by atoms with van der Waals surface area (Å²) in [5.74, 6) is -0.896. The lowest BCUT2D eigenvalue weighted by molar-refractivity contribution is -0.145. The summed E-state index contributed by atoms with van der Waals surface area (Å²) in [6.07, 6.45) is 1.39. The predicted molar refractivity (Wildman–Crippen MR) is 160 cm³/mol. The van der Waals surface area contributed by atoms with Gasteiger partial charge in [0, 0.05) is 11.3 Å². The van der Waals surface area contributed by atoms with Gasteiger partial charge < -0.3 is 29.6 Å². The van der Waals surface area contributed by atoms with Gasteiger partial charge in [-0.2, -0.15) is 5.10 Å². The normalized spacial score (nSPS) is 14.7. The van der Waals surface area contributed by atoms with Crippen LogP contribution in [0.15, 0.2) is 57.2 Å². The number of carbonyl (C=O) groups is 3. The standard InChI is InChI=1S/C27H28BrClN4O7S/c1-4-37-22(35)14-40-25-18(28)10-16(11-19(25)29)12-30-33-21(34)13-39-20-9-7-6-8-17(20)24-23(26(36)38-5-2)15(3)31-27(41)32-24/h6-12,24H,4-5,13-14H2,1-3H3,(H,33,34)(H2,31,32,41)/t24-/m1/s1. The monoisotopic (exact) mass is 666 g/mol. The zero-order chi connectivity index (χ0) is 29.9. The van der Waals surface area contributed by atoms with Crippen LogP contribution in [0.25, 0.3) is 0 Å². The van der Waals surface area contributed by atoms with Crippen LogP contribution in [0.2, 0.25) is 5.02 Å². The zero-order valence-corrected chi connectivity index (χ0v) is 25.6. The Balaban J connectivity index is 1.64. The van der Waals surface area contributed by atoms with Crippen molar-refractivity contribution < 1.29 is 33.3 Å². The summed E-state index contributed by atoms with van der Waals surface area (Å²) >= 11 is 14.9. The molecule has 0 saturated heterocycles. The number of benzene rings is 2. The van der Waals surface area contributed by atoms with E-state index in [1.807, 2.05) is 0 Å². The van der Waals surface area contributed by atoms with Crippen LogP contribution in [0.4, 0.5) is 0 Å². The van der Waals surface area contributed by atoms with E-state index in [-0.39, 0.29) is 37.2 Å². The second-order valence-corrected chi connectivity index (χ2v) is 9.99. The summed E-state index contributed by atoms with van der Waals surface area (Å²) in [6.45, 7) is 4.96. The van der Waals surface area contributed by atoms with Crippen LogP contribution in [0.3, 0.4) is 0 Å². The van der Waals surface area contributed by atoms with Crippen molar-refractivity contribution >= 4 is 68.9 Å². The molecule has 1 heterocycles. The van der Waals surface area contributed by atoms with E-state index in [9.17, 15) is 14.4 Å². The van der Waals surface area contributed by atoms with Crippen LogP contribution < -0.4 is 25.5 Å². The maximum absolute atomic E-state index is 12.7. The van der Waals surface area contributed by atoms with Gasteiger partial charge in [0.2, 0.25) is 0 Å². The number of hydrogen-bond acceptors (Lipinski definition) is 9. The van der Waals surface area contributed by atoms with Crippen molar-refractivity contribution in [3.8, 4) is 11.5 Å². The topological polar surface area (TPSA) is 137 Å². The SMILES string of the molecule is CCOC(=O)COc1c(Cl)cc(C=NNC(=O)COc2ccccc2[C@H]2NC(=S)NC(C)=C2C(=O)OCC)cc1Br. The Labute approximate surface area is 255 Å². The van der Waals surface area contributed by atoms with Gasteiger partial charge in [-0.3, -0.25) is 4.79 Å². The summed E-state index contributed by atoms with van der Waals surface area (Å²) in [5.41, 5.74) is 4.46. The lowest BCUT2D eigenvalue weighted by Crippen LogP contribution is -2.45. The molecule has 3 N–H and O–H groups in total. The number of amides is 1. The van der Waals surface area contributed by atoms with Crippen LogP contribution >= 0.6 is 39.7 Å². The Morgan fingerprint density at radius 2 is 1.85 bits per heavy atom. The Hall–Kier alpha value is -3.68. The number of hydrogen-bond donors (Lipinski definition) is 3. The molecule has 0 aliphatic carbocycles. The van der Waals surface area contributed by atoms with Crippen LogP contribution in [-0.4, -0.2) is 55.6 Å². The number of carbonyl (C=O) groups excluding carboxylic acids is 3. The zero-order valence-electron chi connectivity index (χ0n) is 22.4. The first-order chi connectivity index (χ1) is 19.6. The van der Waals surface area contributed by atoms with Crippen LogP contribution in [0.1, 0.15) is 37.9 Å². The third-order valence-corrected chi connectivity index (χ3v) is 6.51. The first-order valence-electron chi connectivity index (χ1n) is 12.4. The van der Waals surface area contributed by atoms with Crippen molar-refractivity contribution in [2.45, 2.75) is 26.8 Å². The highest BCUT2D eigenvalue weighted by molar-refractivity contribution is 9.10. The average Bonchev–Trinajstić information content (AvgIpc) is 2.91. The number of halogens is 2. The Morgan fingerprint density at radius 3 is 2.56 bits per heavy atom. The van der Waals surface area contributed by atoms with Gasteiger partial charge in [0.25, 0.3) is 5.91 Å². The van der Waals surface area contributed by atoms with Crippen LogP contribution in [-0.2, 0) is 23.9 Å². The lowest BCUT2D eigenvalue weighted by Gasteiger charge is -2.30. The highest BCUT2D eigenvalue weighted by Crippen LogP contribution is 2.35. The van der Waals surface area contributed by atoms with E-state index >= 15 is 0 Å². The summed E-state index contributed by atoms with van der Waals surface area (Å²) in [4.78, 5) is 36.7. The van der Waals surface area contributed by atoms with Gasteiger partial charge in [0.1, 0.15) is 5.75 Å². The molecule has 2 aromatic carbocycles. The average molecular weight is 668 g/mol. The maximum atomic E-state index is 12.7. The second kappa shape index (κ2) is 15.4. The fourth-order valence-electron chi connectivity index (χ4n) is 3.74. The molecular weight excluding hydrogens is 640 g/mol. The van der Waals surface area contributed by atoms with Crippen LogP contribution in [0.5, 0.6) is 11.5 Å². The number of nitrogens with one attached hydrogen (secondary N) is 3. The first-order valence-corrected chi connectivity index (χ1v) is 14.0. The fourth-order valence-corrected chi connectivity index (χ4v) is 5.00. The van der Waals surface area contributed by atoms with Crippen molar-refractivity contribution in [1.82, 2.24) is 16.1 Å². The molecule has 1 aliphatic rings. The number of hydrazone groups is 1. The quantitative estimate of drug-likeness (QED) is 0.132. The van der Waals surface area contributed by atoms with Gasteiger partial charge in [0.15, 0.2) is 24.1 Å². The maximum Gasteiger partial charge on any atom is 0.344 e. The largest absolute Gasteiger partial charge is 0.483 e. The molecule has 0 bridgehead atoms. The fraction of sp³-hybridized carbons (Fsp3) is 0.296. The summed E-state index contributed by atoms with van der Waals surface area (Å²) < 4.78 is 21.8. The van der Waals surface area contributed by atoms with E-state index in [2.05, 4.69) is 37.1 Å². The third-order valence-electron chi connectivity index (χ3n) is 5.42. The molecule has 0 aromatic heterocycles. The number of ether oxygens (including phenoxy) is 4. The molecular formula is C27H28BrClN4O7S. The number of allylic oxidation sites excluding steroid dienone is 1. The molecule has 1 aliphatic heterocycles. The number of para-hydroxylation sites is 1. The summed E-state index contributed by atoms with van der Waals surface area (Å²) in [6, 6.07) is 9.55. The first kappa shape index (κ1) is 31.8. The van der Waals surface area contributed by atoms with Gasteiger partial charge in [-0.25, -0.2) is 15.0 Å². The molecule has 2 aromatic rings. The predicted octanol–water partition coefficient (Wildman–Crippen LogP) is 3.93. The van der Waals surface area contributed by atoms with Crippen molar-refractivity contribution in [3.05, 3.63) is 68.3 Å². The molecule has 14 heteroatoms. The number of esters is 2. The van der Waals surface area contributed by atoms with Crippen molar-refractivity contribution in [2.24, 2.45) is 5.10 Å².